The van der Waals surface area contributed by atoms with Gasteiger partial charge in [-0.3, -0.25) is 4.68 Å². The van der Waals surface area contributed by atoms with Crippen LogP contribution in [0.1, 0.15) is 11.3 Å². The molecule has 0 saturated carbocycles. The average Bonchev–Trinajstić information content (AvgIpc) is 2.63. The second-order valence-electron chi connectivity index (χ2n) is 3.73. The van der Waals surface area contributed by atoms with E-state index in [0.717, 1.165) is 10.9 Å². The molecule has 0 radical (unpaired) electrons. The van der Waals surface area contributed by atoms with Crippen LogP contribution in [0.2, 0.25) is 0 Å². The van der Waals surface area contributed by atoms with Gasteiger partial charge in [0.25, 0.3) is 0 Å². The summed E-state index contributed by atoms with van der Waals surface area (Å²) < 4.78 is 51.6. The van der Waals surface area contributed by atoms with Gasteiger partial charge in [0.2, 0.25) is 0 Å². The smallest absolute Gasteiger partial charge is 0.396 e. The summed E-state index contributed by atoms with van der Waals surface area (Å²) in [4.78, 5) is 0. The highest BCUT2D eigenvalue weighted by Crippen LogP contribution is 2.33. The van der Waals surface area contributed by atoms with Gasteiger partial charge >= 0.3 is 6.18 Å². The zero-order chi connectivity index (χ0) is 13.3. The van der Waals surface area contributed by atoms with Gasteiger partial charge in [-0.05, 0) is 17.7 Å². The fourth-order valence-electron chi connectivity index (χ4n) is 1.59. The Hall–Kier alpha value is -2.05. The van der Waals surface area contributed by atoms with Crippen molar-refractivity contribution in [3.63, 3.8) is 0 Å². The van der Waals surface area contributed by atoms with Gasteiger partial charge in [-0.25, -0.2) is 4.39 Å². The van der Waals surface area contributed by atoms with Crippen LogP contribution >= 0.6 is 0 Å². The van der Waals surface area contributed by atoms with Crippen LogP contribution in [0.25, 0.3) is 0 Å². The number of hydrogen-bond donors (Lipinski definition) is 1. The lowest BCUT2D eigenvalue weighted by atomic mass is 10.2. The number of anilines is 1. The highest BCUT2D eigenvalue weighted by molar-refractivity contribution is 5.43. The largest absolute Gasteiger partial charge is 0.435 e. The third kappa shape index (κ3) is 2.44. The third-order valence-electron chi connectivity index (χ3n) is 2.38. The molecule has 0 amide bonds. The first-order chi connectivity index (χ1) is 8.38. The molecule has 2 aromatic rings. The van der Waals surface area contributed by atoms with Crippen molar-refractivity contribution in [3.8, 4) is 0 Å². The quantitative estimate of drug-likeness (QED) is 0.842. The zero-order valence-electron chi connectivity index (χ0n) is 9.08. The van der Waals surface area contributed by atoms with E-state index in [-0.39, 0.29) is 6.54 Å². The van der Waals surface area contributed by atoms with E-state index in [9.17, 15) is 17.6 Å². The van der Waals surface area contributed by atoms with Crippen LogP contribution in [0, 0.1) is 5.82 Å². The van der Waals surface area contributed by atoms with Gasteiger partial charge in [0.05, 0.1) is 18.4 Å². The molecule has 0 unspecified atom stereocenters. The van der Waals surface area contributed by atoms with Crippen molar-refractivity contribution in [2.75, 3.05) is 5.73 Å². The molecule has 0 bridgehead atoms. The molecule has 96 valence electrons. The van der Waals surface area contributed by atoms with E-state index in [0.29, 0.717) is 5.56 Å². The summed E-state index contributed by atoms with van der Waals surface area (Å²) in [5.74, 6) is -0.449. The molecule has 18 heavy (non-hydrogen) atoms. The molecular weight excluding hydrogens is 250 g/mol. The van der Waals surface area contributed by atoms with Crippen molar-refractivity contribution in [3.05, 3.63) is 47.5 Å². The number of rotatable bonds is 2. The van der Waals surface area contributed by atoms with Crippen LogP contribution in [-0.4, -0.2) is 9.78 Å². The zero-order valence-corrected chi connectivity index (χ0v) is 9.08. The number of halogens is 4. The lowest BCUT2D eigenvalue weighted by Gasteiger charge is -2.11. The maximum Gasteiger partial charge on any atom is 0.435 e. The lowest BCUT2D eigenvalue weighted by Crippen LogP contribution is -2.17. The molecule has 0 saturated heterocycles. The standard InChI is InChI=1S/C11H9F4N3/c12-8-3-1-7(2-4-8)6-18-10(11(13,14)15)9(16)5-17-18/h1-5H,6,16H2. The predicted octanol–water partition coefficient (Wildman–Crippen LogP) is 2.67. The minimum Gasteiger partial charge on any atom is -0.396 e. The number of nitrogens with two attached hydrogens (primary N) is 1. The highest BCUT2D eigenvalue weighted by Gasteiger charge is 2.37. The lowest BCUT2D eigenvalue weighted by molar-refractivity contribution is -0.143. The summed E-state index contributed by atoms with van der Waals surface area (Å²) in [6.45, 7) is -0.119. The van der Waals surface area contributed by atoms with E-state index < -0.39 is 23.4 Å². The van der Waals surface area contributed by atoms with Crippen LogP contribution < -0.4 is 5.73 Å². The minimum absolute atomic E-state index is 0.119. The van der Waals surface area contributed by atoms with Gasteiger partial charge < -0.3 is 5.73 Å². The number of alkyl halides is 3. The van der Waals surface area contributed by atoms with Crippen LogP contribution in [0.5, 0.6) is 0 Å². The molecule has 0 atom stereocenters. The molecule has 1 heterocycles. The molecule has 2 rings (SSSR count). The Labute approximate surface area is 99.8 Å². The van der Waals surface area contributed by atoms with Gasteiger partial charge in [-0.1, -0.05) is 12.1 Å². The molecule has 0 fully saturated rings. The van der Waals surface area contributed by atoms with Crippen molar-refractivity contribution >= 4 is 5.69 Å². The number of aromatic nitrogens is 2. The van der Waals surface area contributed by atoms with Gasteiger partial charge in [0.15, 0.2) is 5.69 Å². The van der Waals surface area contributed by atoms with Gasteiger partial charge in [-0.2, -0.15) is 18.3 Å². The first-order valence-electron chi connectivity index (χ1n) is 5.01. The Morgan fingerprint density at radius 1 is 1.17 bits per heavy atom. The topological polar surface area (TPSA) is 43.8 Å². The fraction of sp³-hybridized carbons (Fsp3) is 0.182. The number of hydrogen-bond acceptors (Lipinski definition) is 2. The summed E-state index contributed by atoms with van der Waals surface area (Å²) in [6, 6.07) is 5.14. The highest BCUT2D eigenvalue weighted by atomic mass is 19.4. The van der Waals surface area contributed by atoms with E-state index in [1.807, 2.05) is 0 Å². The van der Waals surface area contributed by atoms with Crippen LogP contribution in [0.15, 0.2) is 30.5 Å². The van der Waals surface area contributed by atoms with E-state index in [2.05, 4.69) is 5.10 Å². The second-order valence-corrected chi connectivity index (χ2v) is 3.73. The van der Waals surface area contributed by atoms with E-state index in [1.165, 1.54) is 24.3 Å². The molecule has 1 aromatic heterocycles. The number of nitrogens with zero attached hydrogens (tertiary/aromatic N) is 2. The van der Waals surface area contributed by atoms with Crippen LogP contribution in [0.4, 0.5) is 23.2 Å². The Morgan fingerprint density at radius 3 is 2.33 bits per heavy atom. The molecule has 0 aliphatic rings. The molecule has 0 aliphatic carbocycles. The molecule has 1 aromatic carbocycles. The van der Waals surface area contributed by atoms with Crippen molar-refractivity contribution in [2.24, 2.45) is 0 Å². The Kier molecular flexibility index (Phi) is 2.98. The average molecular weight is 259 g/mol. The Bertz CT molecular complexity index is 542. The summed E-state index contributed by atoms with van der Waals surface area (Å²) >= 11 is 0. The normalized spacial score (nSPS) is 11.8. The van der Waals surface area contributed by atoms with Gasteiger partial charge in [0.1, 0.15) is 5.82 Å². The molecule has 0 spiro atoms. The minimum atomic E-state index is -4.57. The van der Waals surface area contributed by atoms with Crippen LogP contribution in [0.3, 0.4) is 0 Å². The van der Waals surface area contributed by atoms with E-state index in [1.54, 1.807) is 0 Å². The maximum absolute atomic E-state index is 12.7. The van der Waals surface area contributed by atoms with Gasteiger partial charge in [-0.15, -0.1) is 0 Å². The summed E-state index contributed by atoms with van der Waals surface area (Å²) in [7, 11) is 0. The van der Waals surface area contributed by atoms with E-state index >= 15 is 0 Å². The molecule has 7 heteroatoms. The van der Waals surface area contributed by atoms with Crippen molar-refractivity contribution in [1.29, 1.82) is 0 Å². The summed E-state index contributed by atoms with van der Waals surface area (Å²) in [6.07, 6.45) is -3.62. The SMILES string of the molecule is Nc1cnn(Cc2ccc(F)cc2)c1C(F)(F)F. The Balaban J connectivity index is 2.33. The summed E-state index contributed by atoms with van der Waals surface area (Å²) in [5, 5.41) is 3.58. The van der Waals surface area contributed by atoms with Crippen molar-refractivity contribution in [1.82, 2.24) is 9.78 Å². The molecule has 2 N–H and O–H groups in total. The predicted molar refractivity (Wildman–Crippen MR) is 57.1 cm³/mol. The van der Waals surface area contributed by atoms with E-state index in [4.69, 9.17) is 5.73 Å². The van der Waals surface area contributed by atoms with Gasteiger partial charge in [0, 0.05) is 0 Å². The maximum atomic E-state index is 12.7. The van der Waals surface area contributed by atoms with Crippen molar-refractivity contribution < 1.29 is 17.6 Å². The molecule has 3 nitrogen and oxygen atoms in total. The second kappa shape index (κ2) is 4.32. The molecular formula is C11H9F4N3. The third-order valence-corrected chi connectivity index (χ3v) is 2.38. The number of benzene rings is 1. The molecule has 0 aliphatic heterocycles. The monoisotopic (exact) mass is 259 g/mol. The first kappa shape index (κ1) is 12.4. The fourth-order valence-corrected chi connectivity index (χ4v) is 1.59. The van der Waals surface area contributed by atoms with Crippen LogP contribution in [-0.2, 0) is 12.7 Å². The number of nitrogen functional groups attached to an aromatic ring is 1. The first-order valence-corrected chi connectivity index (χ1v) is 5.01. The van der Waals surface area contributed by atoms with Crippen molar-refractivity contribution in [2.45, 2.75) is 12.7 Å². The summed E-state index contributed by atoms with van der Waals surface area (Å²) in [5.41, 5.74) is 4.33. The Morgan fingerprint density at radius 2 is 1.78 bits per heavy atom.